The summed E-state index contributed by atoms with van der Waals surface area (Å²) in [7, 11) is 4.84. The van der Waals surface area contributed by atoms with Gasteiger partial charge in [-0.15, -0.1) is 11.8 Å². The van der Waals surface area contributed by atoms with Crippen LogP contribution in [0, 0.1) is 0 Å². The van der Waals surface area contributed by atoms with Crippen molar-refractivity contribution < 1.29 is 41.7 Å². The number of benzene rings is 1. The minimum Gasteiger partial charge on any atom is -0.492 e. The van der Waals surface area contributed by atoms with Gasteiger partial charge in [0, 0.05) is 19.6 Å². The van der Waals surface area contributed by atoms with E-state index in [0.29, 0.717) is 38.9 Å². The van der Waals surface area contributed by atoms with E-state index in [1.165, 1.54) is 46.1 Å². The Hall–Kier alpha value is -2.90. The zero-order valence-corrected chi connectivity index (χ0v) is 23.7. The van der Waals surface area contributed by atoms with Crippen LogP contribution in [0.3, 0.4) is 0 Å². The summed E-state index contributed by atoms with van der Waals surface area (Å²) in [6.07, 6.45) is -5.40. The molecule has 39 heavy (non-hydrogen) atoms. The number of methoxy groups -OCH3 is 4. The van der Waals surface area contributed by atoms with Crippen LogP contribution in [0.1, 0.15) is 30.5 Å². The number of carbonyl (C=O) groups is 2. The zero-order chi connectivity index (χ0) is 29.1. The van der Waals surface area contributed by atoms with E-state index in [0.717, 1.165) is 7.11 Å². The van der Waals surface area contributed by atoms with Crippen LogP contribution in [0.5, 0.6) is 17.2 Å². The lowest BCUT2D eigenvalue weighted by Crippen LogP contribution is -2.36. The average Bonchev–Trinajstić information content (AvgIpc) is 3.11. The first kappa shape index (κ1) is 30.6. The van der Waals surface area contributed by atoms with Crippen LogP contribution in [-0.4, -0.2) is 58.0 Å². The molecule has 3 rings (SSSR count). The number of nitrogens with one attached hydrogen (secondary N) is 1. The number of hydrogen-bond acceptors (Lipinski definition) is 9. The highest BCUT2D eigenvalue weighted by Crippen LogP contribution is 2.55. The van der Waals surface area contributed by atoms with Crippen LogP contribution in [0.2, 0.25) is 0 Å². The number of fused-ring (bicyclic) bond motifs is 3. The third-order valence-corrected chi connectivity index (χ3v) is 7.98. The lowest BCUT2D eigenvalue weighted by Gasteiger charge is -2.24. The molecular weight excluding hydrogens is 559 g/mol. The van der Waals surface area contributed by atoms with Gasteiger partial charge in [0.05, 0.1) is 37.2 Å². The van der Waals surface area contributed by atoms with Crippen molar-refractivity contribution in [3.8, 4) is 28.4 Å². The molecule has 1 amide bonds. The molecule has 0 aliphatic heterocycles. The van der Waals surface area contributed by atoms with E-state index in [-0.39, 0.29) is 46.3 Å². The van der Waals surface area contributed by atoms with Crippen molar-refractivity contribution in [2.24, 2.45) is 0 Å². The second-order valence-corrected chi connectivity index (χ2v) is 10.3. The molecule has 0 spiro atoms. The average molecular weight is 588 g/mol. The van der Waals surface area contributed by atoms with E-state index < -0.39 is 23.4 Å². The fraction of sp³-hybridized carbons (Fsp3) is 0.423. The molecule has 0 saturated heterocycles. The third-order valence-electron chi connectivity index (χ3n) is 6.15. The minimum absolute atomic E-state index is 0.0117. The summed E-state index contributed by atoms with van der Waals surface area (Å²) in [6, 6.07) is 4.15. The molecule has 0 radical (unpaired) electrons. The number of ether oxygens (including phenoxy) is 4. The summed E-state index contributed by atoms with van der Waals surface area (Å²) in [5.41, 5.74) is 1.58. The van der Waals surface area contributed by atoms with Crippen molar-refractivity contribution in [1.82, 2.24) is 5.32 Å². The van der Waals surface area contributed by atoms with Crippen LogP contribution < -0.4 is 25.0 Å². The standard InChI is InChI=1S/C26H28F3NO7S2/c1-12(31)30-16-9-7-14-19(13-8-10-18(38-6)17(32)11-15(13)16)20(34-2)21(35-3)22(36-4)23(14)39-25(33)24(37-5)26(27,28)29/h8,10-11,16,24H,7,9H2,1-6H3,(H,30,31)/t16-,24?/m0/s1. The molecule has 0 saturated carbocycles. The van der Waals surface area contributed by atoms with Gasteiger partial charge < -0.3 is 24.3 Å². The lowest BCUT2D eigenvalue weighted by molar-refractivity contribution is -0.206. The summed E-state index contributed by atoms with van der Waals surface area (Å²) in [5.74, 6) is -0.0640. The van der Waals surface area contributed by atoms with E-state index in [9.17, 15) is 27.6 Å². The molecule has 8 nitrogen and oxygen atoms in total. The van der Waals surface area contributed by atoms with E-state index >= 15 is 0 Å². The Morgan fingerprint density at radius 2 is 1.69 bits per heavy atom. The Kier molecular flexibility index (Phi) is 9.83. The van der Waals surface area contributed by atoms with Gasteiger partial charge in [-0.2, -0.15) is 13.2 Å². The highest BCUT2D eigenvalue weighted by atomic mass is 32.2. The summed E-state index contributed by atoms with van der Waals surface area (Å²) >= 11 is 1.57. The number of rotatable bonds is 8. The summed E-state index contributed by atoms with van der Waals surface area (Å²) in [6.45, 7) is 1.35. The van der Waals surface area contributed by atoms with E-state index in [1.807, 2.05) is 0 Å². The SMILES string of the molecule is COc1c(OC)c(SC(=O)C(OC)C(F)(F)F)c2c(c1OC)-c1ccc(SC)c(=O)cc1[C@@H](NC(C)=O)CC2. The van der Waals surface area contributed by atoms with Crippen LogP contribution in [0.25, 0.3) is 11.1 Å². The van der Waals surface area contributed by atoms with E-state index in [4.69, 9.17) is 14.2 Å². The van der Waals surface area contributed by atoms with Crippen molar-refractivity contribution in [3.05, 3.63) is 39.5 Å². The normalized spacial score (nSPS) is 15.4. The van der Waals surface area contributed by atoms with Gasteiger partial charge >= 0.3 is 6.18 Å². The predicted octanol–water partition coefficient (Wildman–Crippen LogP) is 4.78. The summed E-state index contributed by atoms with van der Waals surface area (Å²) in [5, 5.41) is 1.56. The Morgan fingerprint density at radius 3 is 2.21 bits per heavy atom. The Bertz CT molecular complexity index is 1330. The van der Waals surface area contributed by atoms with Gasteiger partial charge in [0.2, 0.25) is 22.9 Å². The van der Waals surface area contributed by atoms with Gasteiger partial charge in [0.15, 0.2) is 16.9 Å². The molecule has 13 heteroatoms. The minimum atomic E-state index is -4.94. The first-order valence-corrected chi connectivity index (χ1v) is 13.6. The molecule has 0 heterocycles. The van der Waals surface area contributed by atoms with Crippen LogP contribution in [-0.2, 0) is 20.7 Å². The summed E-state index contributed by atoms with van der Waals surface area (Å²) < 4.78 is 62.0. The molecular formula is C26H28F3NO7S2. The van der Waals surface area contributed by atoms with E-state index in [1.54, 1.807) is 18.4 Å². The second kappa shape index (κ2) is 12.5. The summed E-state index contributed by atoms with van der Waals surface area (Å²) in [4.78, 5) is 38.5. The number of alkyl halides is 3. The van der Waals surface area contributed by atoms with Crippen molar-refractivity contribution in [1.29, 1.82) is 0 Å². The maximum atomic E-state index is 13.5. The Labute approximate surface area is 231 Å². The molecule has 0 fully saturated rings. The molecule has 1 aliphatic carbocycles. The topological polar surface area (TPSA) is 100 Å². The number of carbonyl (C=O) groups excluding carboxylic acids is 2. The van der Waals surface area contributed by atoms with Gasteiger partial charge in [0.25, 0.3) is 0 Å². The van der Waals surface area contributed by atoms with Crippen LogP contribution >= 0.6 is 23.5 Å². The maximum absolute atomic E-state index is 13.5. The Balaban J connectivity index is 2.45. The molecule has 212 valence electrons. The Morgan fingerprint density at radius 1 is 1.05 bits per heavy atom. The fourth-order valence-electron chi connectivity index (χ4n) is 4.57. The second-order valence-electron chi connectivity index (χ2n) is 8.43. The molecule has 2 aromatic rings. The maximum Gasteiger partial charge on any atom is 0.422 e. The van der Waals surface area contributed by atoms with Gasteiger partial charge in [-0.1, -0.05) is 6.07 Å². The third kappa shape index (κ3) is 6.15. The first-order valence-electron chi connectivity index (χ1n) is 11.6. The molecule has 2 atom stereocenters. The largest absolute Gasteiger partial charge is 0.492 e. The van der Waals surface area contributed by atoms with Crippen molar-refractivity contribution in [2.45, 2.75) is 47.9 Å². The van der Waals surface area contributed by atoms with Crippen molar-refractivity contribution >= 4 is 34.5 Å². The number of amides is 1. The highest BCUT2D eigenvalue weighted by Gasteiger charge is 2.46. The quantitative estimate of drug-likeness (QED) is 0.438. The molecule has 1 N–H and O–H groups in total. The van der Waals surface area contributed by atoms with Crippen molar-refractivity contribution in [2.75, 3.05) is 34.7 Å². The molecule has 0 bridgehead atoms. The first-order chi connectivity index (χ1) is 18.4. The highest BCUT2D eigenvalue weighted by molar-refractivity contribution is 8.14. The predicted molar refractivity (Wildman–Crippen MR) is 142 cm³/mol. The number of halogens is 3. The van der Waals surface area contributed by atoms with E-state index in [2.05, 4.69) is 10.1 Å². The zero-order valence-electron chi connectivity index (χ0n) is 22.1. The molecule has 2 aromatic carbocycles. The molecule has 1 unspecified atom stereocenters. The fourth-order valence-corrected chi connectivity index (χ4v) is 6.17. The monoisotopic (exact) mass is 587 g/mol. The van der Waals surface area contributed by atoms with Gasteiger partial charge in [-0.25, -0.2) is 0 Å². The van der Waals surface area contributed by atoms with Gasteiger partial charge in [-0.3, -0.25) is 14.4 Å². The van der Waals surface area contributed by atoms with Crippen LogP contribution in [0.15, 0.2) is 32.8 Å². The smallest absolute Gasteiger partial charge is 0.422 e. The molecule has 0 aromatic heterocycles. The van der Waals surface area contributed by atoms with Crippen molar-refractivity contribution in [3.63, 3.8) is 0 Å². The number of thioether (sulfide) groups is 2. The number of hydrogen-bond donors (Lipinski definition) is 1. The van der Waals surface area contributed by atoms with Crippen LogP contribution in [0.4, 0.5) is 13.2 Å². The lowest BCUT2D eigenvalue weighted by atomic mass is 9.95. The van der Waals surface area contributed by atoms with Gasteiger partial charge in [-0.05, 0) is 59.7 Å². The van der Waals surface area contributed by atoms with Gasteiger partial charge in [0.1, 0.15) is 0 Å². The molecule has 1 aliphatic rings.